The van der Waals surface area contributed by atoms with Crippen molar-refractivity contribution in [3.8, 4) is 0 Å². The van der Waals surface area contributed by atoms with E-state index < -0.39 is 0 Å². The van der Waals surface area contributed by atoms with Crippen molar-refractivity contribution in [2.45, 2.75) is 19.9 Å². The number of aryl methyl sites for hydroxylation is 2. The third kappa shape index (κ3) is 2.97. The average Bonchev–Trinajstić information content (AvgIpc) is 2.67. The number of nitrogens with zero attached hydrogens (tertiary/aromatic N) is 3. The molecule has 0 aromatic carbocycles. The molecule has 90 valence electrons. The van der Waals surface area contributed by atoms with Gasteiger partial charge in [0.15, 0.2) is 0 Å². The van der Waals surface area contributed by atoms with Gasteiger partial charge in [0.25, 0.3) is 0 Å². The van der Waals surface area contributed by atoms with Crippen molar-refractivity contribution in [3.05, 3.63) is 40.8 Å². The molecule has 0 saturated carbocycles. The molecule has 2 heterocycles. The van der Waals surface area contributed by atoms with Gasteiger partial charge in [0.05, 0.1) is 5.69 Å². The van der Waals surface area contributed by atoms with E-state index in [1.54, 1.807) is 6.07 Å². The van der Waals surface area contributed by atoms with Crippen LogP contribution in [0.3, 0.4) is 0 Å². The monoisotopic (exact) mass is 250 g/mol. The molecule has 4 nitrogen and oxygen atoms in total. The number of hydrogen-bond donors (Lipinski definition) is 1. The van der Waals surface area contributed by atoms with Crippen molar-refractivity contribution in [2.24, 2.45) is 7.05 Å². The van der Waals surface area contributed by atoms with Gasteiger partial charge in [0.2, 0.25) is 0 Å². The summed E-state index contributed by atoms with van der Waals surface area (Å²) >= 11 is 5.82. The molecule has 0 radical (unpaired) electrons. The van der Waals surface area contributed by atoms with Crippen molar-refractivity contribution in [1.82, 2.24) is 14.8 Å². The second-order valence-corrected chi connectivity index (χ2v) is 4.21. The maximum Gasteiger partial charge on any atom is 0.131 e. The van der Waals surface area contributed by atoms with Gasteiger partial charge in [-0.25, -0.2) is 4.98 Å². The lowest BCUT2D eigenvalue weighted by Crippen LogP contribution is -2.02. The molecule has 0 aliphatic carbocycles. The molecule has 0 bridgehead atoms. The van der Waals surface area contributed by atoms with Crippen LogP contribution >= 0.6 is 11.6 Å². The number of pyridine rings is 1. The predicted molar refractivity (Wildman–Crippen MR) is 69.2 cm³/mol. The van der Waals surface area contributed by atoms with Crippen LogP contribution in [0.2, 0.25) is 5.15 Å². The van der Waals surface area contributed by atoms with Gasteiger partial charge in [-0.1, -0.05) is 24.6 Å². The number of halogens is 1. The summed E-state index contributed by atoms with van der Waals surface area (Å²) in [6.45, 7) is 2.81. The Kier molecular flexibility index (Phi) is 3.64. The third-order valence-corrected chi connectivity index (χ3v) is 2.71. The summed E-state index contributed by atoms with van der Waals surface area (Å²) in [6.07, 6.45) is 2.96. The van der Waals surface area contributed by atoms with Crippen molar-refractivity contribution in [2.75, 3.05) is 5.32 Å². The molecule has 17 heavy (non-hydrogen) atoms. The van der Waals surface area contributed by atoms with Gasteiger partial charge in [-0.05, 0) is 18.6 Å². The van der Waals surface area contributed by atoms with Crippen LogP contribution in [0.15, 0.2) is 24.4 Å². The first kappa shape index (κ1) is 11.9. The lowest BCUT2D eigenvalue weighted by molar-refractivity contribution is 0.746. The molecular weight excluding hydrogens is 236 g/mol. The van der Waals surface area contributed by atoms with Crippen molar-refractivity contribution < 1.29 is 0 Å². The minimum absolute atomic E-state index is 0.497. The molecule has 0 fully saturated rings. The van der Waals surface area contributed by atoms with Gasteiger partial charge in [-0.2, -0.15) is 5.10 Å². The standard InChI is InChI=1S/C12H15ClN4/c1-3-10-9(8-17(2)16-10)7-14-12-6-4-5-11(13)15-12/h4-6,8H,3,7H2,1-2H3,(H,14,15). The molecule has 0 spiro atoms. The highest BCUT2D eigenvalue weighted by molar-refractivity contribution is 6.29. The Morgan fingerprint density at radius 2 is 2.24 bits per heavy atom. The SMILES string of the molecule is CCc1nn(C)cc1CNc1cccc(Cl)n1. The second-order valence-electron chi connectivity index (χ2n) is 3.83. The molecule has 0 unspecified atom stereocenters. The molecule has 2 aromatic rings. The van der Waals surface area contributed by atoms with Crippen LogP contribution in [0, 0.1) is 0 Å². The molecule has 0 aliphatic rings. The Morgan fingerprint density at radius 1 is 1.41 bits per heavy atom. The largest absolute Gasteiger partial charge is 0.366 e. The molecule has 5 heteroatoms. The van der Waals surface area contributed by atoms with Crippen LogP contribution in [0.4, 0.5) is 5.82 Å². The summed E-state index contributed by atoms with van der Waals surface area (Å²) in [7, 11) is 1.93. The van der Waals surface area contributed by atoms with Gasteiger partial charge in [0, 0.05) is 25.4 Å². The smallest absolute Gasteiger partial charge is 0.131 e. The van der Waals surface area contributed by atoms with Gasteiger partial charge < -0.3 is 5.32 Å². The van der Waals surface area contributed by atoms with E-state index in [1.807, 2.05) is 30.1 Å². The summed E-state index contributed by atoms with van der Waals surface area (Å²) in [5, 5.41) is 8.13. The number of aromatic nitrogens is 3. The summed E-state index contributed by atoms with van der Waals surface area (Å²) in [5.74, 6) is 0.781. The van der Waals surface area contributed by atoms with Gasteiger partial charge in [-0.3, -0.25) is 4.68 Å². The highest BCUT2D eigenvalue weighted by Crippen LogP contribution is 2.12. The minimum atomic E-state index is 0.497. The zero-order valence-corrected chi connectivity index (χ0v) is 10.7. The Morgan fingerprint density at radius 3 is 2.94 bits per heavy atom. The van der Waals surface area contributed by atoms with E-state index >= 15 is 0 Å². The predicted octanol–water partition coefficient (Wildman–Crippen LogP) is 2.64. The molecule has 0 amide bonds. The minimum Gasteiger partial charge on any atom is -0.366 e. The maximum atomic E-state index is 5.82. The summed E-state index contributed by atoms with van der Waals surface area (Å²) in [4.78, 5) is 4.18. The first-order valence-electron chi connectivity index (χ1n) is 5.57. The number of nitrogens with one attached hydrogen (secondary N) is 1. The van der Waals surface area contributed by atoms with E-state index in [1.165, 1.54) is 5.56 Å². The Labute approximate surface area is 106 Å². The van der Waals surface area contributed by atoms with Crippen LogP contribution in [-0.2, 0) is 20.0 Å². The highest BCUT2D eigenvalue weighted by Gasteiger charge is 2.05. The normalized spacial score (nSPS) is 10.5. The summed E-state index contributed by atoms with van der Waals surface area (Å²) in [6, 6.07) is 5.53. The molecule has 0 atom stereocenters. The first-order chi connectivity index (χ1) is 8.19. The fraction of sp³-hybridized carbons (Fsp3) is 0.333. The van der Waals surface area contributed by atoms with Gasteiger partial charge in [-0.15, -0.1) is 0 Å². The second kappa shape index (κ2) is 5.19. The van der Waals surface area contributed by atoms with E-state index in [4.69, 9.17) is 11.6 Å². The Hall–Kier alpha value is -1.55. The fourth-order valence-corrected chi connectivity index (χ4v) is 1.89. The Bertz CT molecular complexity index is 507. The van der Waals surface area contributed by atoms with Crippen LogP contribution < -0.4 is 5.32 Å². The molecular formula is C12H15ClN4. The molecule has 0 saturated heterocycles. The van der Waals surface area contributed by atoms with Crippen LogP contribution in [0.25, 0.3) is 0 Å². The average molecular weight is 251 g/mol. The third-order valence-electron chi connectivity index (χ3n) is 2.50. The highest BCUT2D eigenvalue weighted by atomic mass is 35.5. The molecule has 0 aliphatic heterocycles. The van der Waals surface area contributed by atoms with E-state index in [0.29, 0.717) is 11.7 Å². The van der Waals surface area contributed by atoms with E-state index in [2.05, 4.69) is 22.3 Å². The topological polar surface area (TPSA) is 42.7 Å². The molecule has 1 N–H and O–H groups in total. The number of rotatable bonds is 4. The van der Waals surface area contributed by atoms with Gasteiger partial charge in [0.1, 0.15) is 11.0 Å². The van der Waals surface area contributed by atoms with Crippen LogP contribution in [0.5, 0.6) is 0 Å². The quantitative estimate of drug-likeness (QED) is 0.849. The summed E-state index contributed by atoms with van der Waals surface area (Å²) < 4.78 is 1.83. The maximum absolute atomic E-state index is 5.82. The van der Waals surface area contributed by atoms with Gasteiger partial charge >= 0.3 is 0 Å². The zero-order valence-electron chi connectivity index (χ0n) is 9.94. The van der Waals surface area contributed by atoms with Crippen molar-refractivity contribution >= 4 is 17.4 Å². The molecule has 2 aromatic heterocycles. The molecule has 2 rings (SSSR count). The summed E-state index contributed by atoms with van der Waals surface area (Å²) in [5.41, 5.74) is 2.30. The fourth-order valence-electron chi connectivity index (χ4n) is 1.72. The van der Waals surface area contributed by atoms with E-state index in [-0.39, 0.29) is 0 Å². The number of hydrogen-bond acceptors (Lipinski definition) is 3. The Balaban J connectivity index is 2.06. The van der Waals surface area contributed by atoms with Crippen molar-refractivity contribution in [1.29, 1.82) is 0 Å². The number of anilines is 1. The van der Waals surface area contributed by atoms with E-state index in [9.17, 15) is 0 Å². The zero-order chi connectivity index (χ0) is 12.3. The van der Waals surface area contributed by atoms with E-state index in [0.717, 1.165) is 17.9 Å². The lowest BCUT2D eigenvalue weighted by atomic mass is 10.2. The lowest BCUT2D eigenvalue weighted by Gasteiger charge is -2.05. The first-order valence-corrected chi connectivity index (χ1v) is 5.94. The van der Waals surface area contributed by atoms with Crippen LogP contribution in [0.1, 0.15) is 18.2 Å². The van der Waals surface area contributed by atoms with Crippen LogP contribution in [-0.4, -0.2) is 14.8 Å². The van der Waals surface area contributed by atoms with Crippen molar-refractivity contribution in [3.63, 3.8) is 0 Å².